The number of fused-ring (bicyclic) bond motifs is 3. The van der Waals surface area contributed by atoms with Crippen LogP contribution in [0.1, 0.15) is 52.7 Å². The fraction of sp³-hybridized carbons (Fsp3) is 0.164. The van der Waals surface area contributed by atoms with Crippen LogP contribution in [0.2, 0.25) is 0 Å². The Labute approximate surface area is 347 Å². The Bertz CT molecular complexity index is 2960. The molecule has 0 saturated carbocycles. The minimum Gasteiger partial charge on any atom is -0.496 e. The third kappa shape index (κ3) is 7.32. The molecule has 3 heterocycles. The molecule has 59 heavy (non-hydrogen) atoms. The van der Waals surface area contributed by atoms with E-state index in [0.717, 1.165) is 61.9 Å². The molecule has 0 bridgehead atoms. The first-order valence-electron chi connectivity index (χ1n) is 20.4. The van der Waals surface area contributed by atoms with Crippen molar-refractivity contribution in [3.8, 4) is 67.5 Å². The monoisotopic (exact) mass is 767 g/mol. The van der Waals surface area contributed by atoms with Gasteiger partial charge < -0.3 is 9.30 Å². The zero-order valence-electron chi connectivity index (χ0n) is 34.9. The minimum atomic E-state index is -0.0146. The number of nitrogens with zero attached hydrogens (tertiary/aromatic N) is 3. The molecule has 0 radical (unpaired) electrons. The lowest BCUT2D eigenvalue weighted by Gasteiger charge is -2.26. The minimum absolute atomic E-state index is 0.0146. The molecular formula is C55H49N3O. The molecule has 0 amide bonds. The highest BCUT2D eigenvalue weighted by atomic mass is 16.5. The third-order valence-corrected chi connectivity index (χ3v) is 11.4. The number of hydrogen-bond donors (Lipinski definition) is 0. The van der Waals surface area contributed by atoms with Crippen molar-refractivity contribution in [3.63, 3.8) is 0 Å². The summed E-state index contributed by atoms with van der Waals surface area (Å²) >= 11 is 0. The van der Waals surface area contributed by atoms with E-state index in [1.165, 1.54) is 38.5 Å². The Balaban J connectivity index is 1.16. The van der Waals surface area contributed by atoms with Gasteiger partial charge in [-0.2, -0.15) is 0 Å². The normalized spacial score (nSPS) is 12.0. The molecule has 0 aliphatic rings. The van der Waals surface area contributed by atoms with Crippen molar-refractivity contribution in [1.29, 1.82) is 0 Å². The van der Waals surface area contributed by atoms with E-state index in [1.54, 1.807) is 7.11 Å². The highest BCUT2D eigenvalue weighted by Crippen LogP contribution is 2.40. The van der Waals surface area contributed by atoms with Crippen LogP contribution in [-0.4, -0.2) is 21.6 Å². The Kier molecular flexibility index (Phi) is 9.52. The highest BCUT2D eigenvalue weighted by molar-refractivity contribution is 6.10. The Morgan fingerprint density at radius 2 is 1.05 bits per heavy atom. The summed E-state index contributed by atoms with van der Waals surface area (Å²) < 4.78 is 8.23. The van der Waals surface area contributed by atoms with E-state index >= 15 is 0 Å². The first-order chi connectivity index (χ1) is 28.4. The summed E-state index contributed by atoms with van der Waals surface area (Å²) in [5.74, 6) is 0.791. The first-order valence-corrected chi connectivity index (χ1v) is 20.4. The van der Waals surface area contributed by atoms with Crippen molar-refractivity contribution in [2.45, 2.75) is 52.4 Å². The predicted molar refractivity (Wildman–Crippen MR) is 248 cm³/mol. The van der Waals surface area contributed by atoms with Crippen LogP contribution in [0.4, 0.5) is 0 Å². The summed E-state index contributed by atoms with van der Waals surface area (Å²) in [7, 11) is 1.72. The molecule has 0 aliphatic heterocycles. The number of pyridine rings is 2. The highest BCUT2D eigenvalue weighted by Gasteiger charge is 2.22. The summed E-state index contributed by atoms with van der Waals surface area (Å²) in [6.07, 6.45) is 1.92. The van der Waals surface area contributed by atoms with E-state index in [-0.39, 0.29) is 10.8 Å². The molecule has 290 valence electrons. The largest absolute Gasteiger partial charge is 0.496 e. The Morgan fingerprint density at radius 1 is 0.441 bits per heavy atom. The molecule has 0 unspecified atom stereocenters. The van der Waals surface area contributed by atoms with E-state index in [9.17, 15) is 0 Å². The van der Waals surface area contributed by atoms with Crippen LogP contribution in [0, 0.1) is 0 Å². The lowest BCUT2D eigenvalue weighted by atomic mass is 9.79. The summed E-state index contributed by atoms with van der Waals surface area (Å²) in [5, 5.41) is 2.48. The van der Waals surface area contributed by atoms with Crippen molar-refractivity contribution in [2.75, 3.05) is 7.11 Å². The molecule has 0 aliphatic carbocycles. The maximum atomic E-state index is 5.86. The average Bonchev–Trinajstić information content (AvgIpc) is 3.59. The fourth-order valence-electron chi connectivity index (χ4n) is 8.11. The zero-order valence-corrected chi connectivity index (χ0v) is 34.9. The van der Waals surface area contributed by atoms with Gasteiger partial charge in [-0.15, -0.1) is 0 Å². The van der Waals surface area contributed by atoms with E-state index in [0.29, 0.717) is 0 Å². The maximum absolute atomic E-state index is 5.86. The number of methoxy groups -OCH3 is 1. The topological polar surface area (TPSA) is 39.9 Å². The molecule has 3 aromatic heterocycles. The second-order valence-corrected chi connectivity index (χ2v) is 17.6. The van der Waals surface area contributed by atoms with Gasteiger partial charge in [-0.1, -0.05) is 139 Å². The molecular weight excluding hydrogens is 719 g/mol. The van der Waals surface area contributed by atoms with Gasteiger partial charge in [0.05, 0.1) is 35.2 Å². The second kappa shape index (κ2) is 14.9. The van der Waals surface area contributed by atoms with Crippen molar-refractivity contribution in [1.82, 2.24) is 14.5 Å². The first kappa shape index (κ1) is 37.8. The molecule has 9 aromatic rings. The van der Waals surface area contributed by atoms with Crippen molar-refractivity contribution >= 4 is 21.8 Å². The summed E-state index contributed by atoms with van der Waals surface area (Å²) in [4.78, 5) is 10.2. The number of rotatable bonds is 7. The molecule has 9 rings (SSSR count). The molecule has 0 spiro atoms. The lowest BCUT2D eigenvalue weighted by molar-refractivity contribution is 0.416. The Hall–Kier alpha value is -6.78. The van der Waals surface area contributed by atoms with Gasteiger partial charge in [-0.25, -0.2) is 4.98 Å². The van der Waals surface area contributed by atoms with Gasteiger partial charge in [-0.3, -0.25) is 4.98 Å². The van der Waals surface area contributed by atoms with Gasteiger partial charge in [-0.05, 0) is 111 Å². The number of hydrogen-bond acceptors (Lipinski definition) is 3. The van der Waals surface area contributed by atoms with Gasteiger partial charge in [0.25, 0.3) is 0 Å². The summed E-state index contributed by atoms with van der Waals surface area (Å²) in [6.45, 7) is 13.7. The van der Waals surface area contributed by atoms with Gasteiger partial charge in [0.15, 0.2) is 0 Å². The molecule has 0 fully saturated rings. The molecule has 4 heteroatoms. The van der Waals surface area contributed by atoms with Crippen LogP contribution in [0.3, 0.4) is 0 Å². The van der Waals surface area contributed by atoms with Crippen LogP contribution < -0.4 is 4.74 Å². The van der Waals surface area contributed by atoms with Gasteiger partial charge in [0.2, 0.25) is 0 Å². The SMILES string of the molecule is COc1ccccc1-c1cc(-c2cc(C(C)(C)C)cc(C(C)(C)C)c2)cc(-c2cccc(-c3cc(-c4ccc5c6ccccc6n(-c6ccccc6)c5c4)ccn3)c2)n1. The number of benzene rings is 6. The number of para-hydroxylation sites is 3. The third-order valence-electron chi connectivity index (χ3n) is 11.4. The molecule has 0 saturated heterocycles. The molecule has 4 nitrogen and oxygen atoms in total. The number of ether oxygens (including phenoxy) is 1. The van der Waals surface area contributed by atoms with E-state index in [2.05, 4.69) is 192 Å². The van der Waals surface area contributed by atoms with Crippen LogP contribution >= 0.6 is 0 Å². The second-order valence-electron chi connectivity index (χ2n) is 17.6. The maximum Gasteiger partial charge on any atom is 0.128 e. The van der Waals surface area contributed by atoms with Crippen LogP contribution in [0.25, 0.3) is 83.5 Å². The fourth-order valence-corrected chi connectivity index (χ4v) is 8.11. The van der Waals surface area contributed by atoms with Crippen LogP contribution in [0.15, 0.2) is 170 Å². The lowest BCUT2D eigenvalue weighted by Crippen LogP contribution is -2.16. The van der Waals surface area contributed by atoms with Crippen molar-refractivity contribution in [3.05, 3.63) is 181 Å². The molecule has 0 atom stereocenters. The standard InChI is InChI=1S/C55H49N3O/c1-54(2,3)42-29-40(30-43(35-42)55(4,5)6)41-32-49(57-50(33-41)47-21-12-14-23-53(47)59-7)39-17-15-16-38(28-39)48-31-37(26-27-56-48)36-24-25-46-45-20-11-13-22-51(45)58(52(46)34-36)44-18-9-8-10-19-44/h8-35H,1-7H3. The Morgan fingerprint density at radius 3 is 1.80 bits per heavy atom. The predicted octanol–water partition coefficient (Wildman–Crippen LogP) is 14.5. The summed E-state index contributed by atoms with van der Waals surface area (Å²) in [6, 6.07) is 58.6. The van der Waals surface area contributed by atoms with E-state index in [4.69, 9.17) is 14.7 Å². The van der Waals surface area contributed by atoms with Crippen LogP contribution in [-0.2, 0) is 10.8 Å². The van der Waals surface area contributed by atoms with E-state index < -0.39 is 0 Å². The molecule has 6 aromatic carbocycles. The van der Waals surface area contributed by atoms with Gasteiger partial charge in [0.1, 0.15) is 5.75 Å². The van der Waals surface area contributed by atoms with Crippen molar-refractivity contribution in [2.24, 2.45) is 0 Å². The zero-order chi connectivity index (χ0) is 40.9. The smallest absolute Gasteiger partial charge is 0.128 e. The summed E-state index contributed by atoms with van der Waals surface area (Å²) in [5.41, 5.74) is 16.3. The van der Waals surface area contributed by atoms with Gasteiger partial charge >= 0.3 is 0 Å². The van der Waals surface area contributed by atoms with E-state index in [1.807, 2.05) is 24.4 Å². The van der Waals surface area contributed by atoms with Gasteiger partial charge in [0, 0.05) is 39.3 Å². The number of aromatic nitrogens is 3. The molecule has 0 N–H and O–H groups in total. The average molecular weight is 768 g/mol. The van der Waals surface area contributed by atoms with Crippen LogP contribution in [0.5, 0.6) is 5.75 Å². The van der Waals surface area contributed by atoms with Crippen molar-refractivity contribution < 1.29 is 4.74 Å². The quantitative estimate of drug-likeness (QED) is 0.162.